The number of halogens is 2. The van der Waals surface area contributed by atoms with Gasteiger partial charge in [-0.1, -0.05) is 37.0 Å². The van der Waals surface area contributed by atoms with Gasteiger partial charge in [-0.25, -0.2) is 0 Å². The van der Waals surface area contributed by atoms with Gasteiger partial charge in [-0.05, 0) is 48.9 Å². The molecular weight excluding hydrogens is 285 g/mol. The van der Waals surface area contributed by atoms with Crippen molar-refractivity contribution in [2.75, 3.05) is 18.6 Å². The first-order chi connectivity index (χ1) is 8.52. The Balaban J connectivity index is 2.54. The first-order valence-corrected chi connectivity index (χ1v) is 8.13. The van der Waals surface area contributed by atoms with E-state index in [1.54, 1.807) is 0 Å². The van der Waals surface area contributed by atoms with Crippen molar-refractivity contribution >= 4 is 35.0 Å². The maximum atomic E-state index is 6.19. The molecule has 0 spiro atoms. The molecule has 0 aliphatic heterocycles. The lowest BCUT2D eigenvalue weighted by molar-refractivity contribution is 0.616. The smallest absolute Gasteiger partial charge is 0.0439 e. The fourth-order valence-corrected chi connectivity index (χ4v) is 3.22. The van der Waals surface area contributed by atoms with Crippen molar-refractivity contribution in [2.45, 2.75) is 26.3 Å². The minimum Gasteiger partial charge on any atom is -0.316 e. The zero-order valence-corrected chi connectivity index (χ0v) is 13.5. The molecule has 0 saturated heterocycles. The molecule has 102 valence electrons. The molecule has 1 aromatic rings. The zero-order valence-electron chi connectivity index (χ0n) is 11.2. The van der Waals surface area contributed by atoms with Gasteiger partial charge in [0, 0.05) is 21.8 Å². The quantitative estimate of drug-likeness (QED) is 0.795. The Labute approximate surface area is 125 Å². The van der Waals surface area contributed by atoms with Crippen molar-refractivity contribution in [3.05, 3.63) is 33.8 Å². The summed E-state index contributed by atoms with van der Waals surface area (Å²) in [7, 11) is 2.00. The summed E-state index contributed by atoms with van der Waals surface area (Å²) < 4.78 is 0. The molecule has 18 heavy (non-hydrogen) atoms. The lowest BCUT2D eigenvalue weighted by atomic mass is 10.1. The fraction of sp³-hybridized carbons (Fsp3) is 0.571. The third-order valence-electron chi connectivity index (χ3n) is 2.65. The van der Waals surface area contributed by atoms with Gasteiger partial charge in [-0.3, -0.25) is 0 Å². The van der Waals surface area contributed by atoms with Crippen LogP contribution < -0.4 is 5.32 Å². The minimum atomic E-state index is 0.435. The number of nitrogens with one attached hydrogen (secondary N) is 1. The van der Waals surface area contributed by atoms with Crippen LogP contribution in [0.2, 0.25) is 10.0 Å². The maximum absolute atomic E-state index is 6.19. The molecule has 4 heteroatoms. The molecule has 0 aliphatic rings. The molecule has 1 nitrogen and oxygen atoms in total. The molecule has 1 N–H and O–H groups in total. The van der Waals surface area contributed by atoms with Gasteiger partial charge >= 0.3 is 0 Å². The predicted octanol–water partition coefficient (Wildman–Crippen LogP) is 4.51. The molecule has 0 radical (unpaired) electrons. The molecule has 0 amide bonds. The van der Waals surface area contributed by atoms with E-state index in [4.69, 9.17) is 23.2 Å². The van der Waals surface area contributed by atoms with E-state index in [9.17, 15) is 0 Å². The second-order valence-corrected chi connectivity index (χ2v) is 6.78. The summed E-state index contributed by atoms with van der Waals surface area (Å²) >= 11 is 14.2. The summed E-state index contributed by atoms with van der Waals surface area (Å²) in [6.07, 6.45) is 0.918. The standard InChI is InChI=1S/C14H21Cl2NS/c1-10(2)8-18-9-13(17-3)7-11-6-12(15)4-5-14(11)16/h4-6,10,13,17H,7-9H2,1-3H3. The summed E-state index contributed by atoms with van der Waals surface area (Å²) in [6.45, 7) is 4.49. The summed E-state index contributed by atoms with van der Waals surface area (Å²) in [5, 5.41) is 4.90. The highest BCUT2D eigenvalue weighted by molar-refractivity contribution is 7.99. The second-order valence-electron chi connectivity index (χ2n) is 4.86. The molecule has 0 aromatic heterocycles. The molecule has 0 heterocycles. The Bertz CT molecular complexity index is 369. The molecule has 0 fully saturated rings. The van der Waals surface area contributed by atoms with E-state index >= 15 is 0 Å². The van der Waals surface area contributed by atoms with Crippen LogP contribution in [0.4, 0.5) is 0 Å². The van der Waals surface area contributed by atoms with E-state index in [1.165, 1.54) is 5.75 Å². The van der Waals surface area contributed by atoms with Crippen LogP contribution in [-0.4, -0.2) is 24.6 Å². The average Bonchev–Trinajstić information content (AvgIpc) is 2.32. The van der Waals surface area contributed by atoms with E-state index in [-0.39, 0.29) is 0 Å². The van der Waals surface area contributed by atoms with E-state index < -0.39 is 0 Å². The molecule has 1 aromatic carbocycles. The monoisotopic (exact) mass is 305 g/mol. The van der Waals surface area contributed by atoms with Crippen molar-refractivity contribution in [2.24, 2.45) is 5.92 Å². The lowest BCUT2D eigenvalue weighted by Crippen LogP contribution is -2.30. The Morgan fingerprint density at radius 2 is 1.94 bits per heavy atom. The van der Waals surface area contributed by atoms with Gasteiger partial charge < -0.3 is 5.32 Å². The number of hydrogen-bond acceptors (Lipinski definition) is 2. The Kier molecular flexibility index (Phi) is 7.47. The zero-order chi connectivity index (χ0) is 13.5. The summed E-state index contributed by atoms with van der Waals surface area (Å²) in [5.74, 6) is 3.03. The van der Waals surface area contributed by atoms with Gasteiger partial charge in [0.15, 0.2) is 0 Å². The highest BCUT2D eigenvalue weighted by Gasteiger charge is 2.11. The topological polar surface area (TPSA) is 12.0 Å². The van der Waals surface area contributed by atoms with Gasteiger partial charge in [0.25, 0.3) is 0 Å². The van der Waals surface area contributed by atoms with Crippen molar-refractivity contribution in [3.63, 3.8) is 0 Å². The van der Waals surface area contributed by atoms with Crippen LogP contribution in [-0.2, 0) is 6.42 Å². The van der Waals surface area contributed by atoms with Crippen molar-refractivity contribution in [1.82, 2.24) is 5.32 Å². The van der Waals surface area contributed by atoms with E-state index in [1.807, 2.05) is 37.0 Å². The summed E-state index contributed by atoms with van der Waals surface area (Å²) in [6, 6.07) is 6.09. The minimum absolute atomic E-state index is 0.435. The van der Waals surface area contributed by atoms with Crippen LogP contribution in [0.1, 0.15) is 19.4 Å². The highest BCUT2D eigenvalue weighted by atomic mass is 35.5. The van der Waals surface area contributed by atoms with Crippen LogP contribution in [0.5, 0.6) is 0 Å². The summed E-state index contributed by atoms with van der Waals surface area (Å²) in [4.78, 5) is 0. The van der Waals surface area contributed by atoms with E-state index in [0.29, 0.717) is 6.04 Å². The SMILES string of the molecule is CNC(CSCC(C)C)Cc1cc(Cl)ccc1Cl. The third-order valence-corrected chi connectivity index (χ3v) is 4.80. The summed E-state index contributed by atoms with van der Waals surface area (Å²) in [5.41, 5.74) is 1.12. The van der Waals surface area contributed by atoms with Gasteiger partial charge in [0.1, 0.15) is 0 Å². The largest absolute Gasteiger partial charge is 0.316 e. The molecule has 0 saturated carbocycles. The van der Waals surface area contributed by atoms with Crippen LogP contribution in [0, 0.1) is 5.92 Å². The van der Waals surface area contributed by atoms with Crippen molar-refractivity contribution < 1.29 is 0 Å². The number of hydrogen-bond donors (Lipinski definition) is 1. The molecule has 1 atom stereocenters. The Hall–Kier alpha value is 0.110. The highest BCUT2D eigenvalue weighted by Crippen LogP contribution is 2.22. The van der Waals surface area contributed by atoms with Crippen molar-refractivity contribution in [3.8, 4) is 0 Å². The molecule has 1 unspecified atom stereocenters. The van der Waals surface area contributed by atoms with Crippen LogP contribution >= 0.6 is 35.0 Å². The van der Waals surface area contributed by atoms with E-state index in [2.05, 4.69) is 19.2 Å². The number of likely N-dealkylation sites (N-methyl/N-ethyl adjacent to an activating group) is 1. The second kappa shape index (κ2) is 8.31. The van der Waals surface area contributed by atoms with E-state index in [0.717, 1.165) is 33.7 Å². The van der Waals surface area contributed by atoms with Crippen LogP contribution in [0.15, 0.2) is 18.2 Å². The van der Waals surface area contributed by atoms with Crippen LogP contribution in [0.3, 0.4) is 0 Å². The predicted molar refractivity (Wildman–Crippen MR) is 85.2 cm³/mol. The molecule has 0 bridgehead atoms. The lowest BCUT2D eigenvalue weighted by Gasteiger charge is -2.17. The number of benzene rings is 1. The molecule has 1 rings (SSSR count). The van der Waals surface area contributed by atoms with Gasteiger partial charge in [-0.15, -0.1) is 0 Å². The third kappa shape index (κ3) is 5.83. The normalized spacial score (nSPS) is 13.0. The van der Waals surface area contributed by atoms with Crippen molar-refractivity contribution in [1.29, 1.82) is 0 Å². The van der Waals surface area contributed by atoms with Gasteiger partial charge in [-0.2, -0.15) is 11.8 Å². The first kappa shape index (κ1) is 16.2. The molecular formula is C14H21Cl2NS. The van der Waals surface area contributed by atoms with Gasteiger partial charge in [0.2, 0.25) is 0 Å². The van der Waals surface area contributed by atoms with Crippen LogP contribution in [0.25, 0.3) is 0 Å². The Morgan fingerprint density at radius 3 is 2.56 bits per heavy atom. The molecule has 0 aliphatic carbocycles. The maximum Gasteiger partial charge on any atom is 0.0439 e. The first-order valence-electron chi connectivity index (χ1n) is 6.22. The number of rotatable bonds is 7. The number of thioether (sulfide) groups is 1. The van der Waals surface area contributed by atoms with Gasteiger partial charge in [0.05, 0.1) is 0 Å². The average molecular weight is 306 g/mol. The fourth-order valence-electron chi connectivity index (χ4n) is 1.66. The Morgan fingerprint density at radius 1 is 1.22 bits per heavy atom.